The van der Waals surface area contributed by atoms with Crippen molar-refractivity contribution in [2.24, 2.45) is 0 Å². The molecule has 0 spiro atoms. The molecule has 0 aliphatic rings. The Kier molecular flexibility index (Phi) is 7.72. The molecule has 20 heavy (non-hydrogen) atoms. The Labute approximate surface area is 121 Å². The molecule has 1 unspecified atom stereocenters. The molecular weight excluding hydrogens is 256 g/mol. The van der Waals surface area contributed by atoms with Gasteiger partial charge in [0.25, 0.3) is 0 Å². The van der Waals surface area contributed by atoms with Crippen LogP contribution >= 0.6 is 0 Å². The van der Waals surface area contributed by atoms with Crippen LogP contribution in [0.5, 0.6) is 5.75 Å². The first-order valence-electron chi connectivity index (χ1n) is 7.15. The van der Waals surface area contributed by atoms with Gasteiger partial charge in [0, 0.05) is 13.7 Å². The molecule has 1 rings (SSSR count). The molecule has 0 saturated carbocycles. The van der Waals surface area contributed by atoms with E-state index in [1.54, 1.807) is 20.5 Å². The number of ether oxygens (including phenoxy) is 2. The molecule has 2 N–H and O–H groups in total. The molecule has 6 nitrogen and oxygen atoms in total. The van der Waals surface area contributed by atoms with E-state index in [0.717, 1.165) is 31.6 Å². The van der Waals surface area contributed by atoms with E-state index < -0.39 is 0 Å². The van der Waals surface area contributed by atoms with Crippen LogP contribution in [0.25, 0.3) is 0 Å². The molecular formula is C14H26N4O2. The van der Waals surface area contributed by atoms with Gasteiger partial charge < -0.3 is 20.1 Å². The quantitative estimate of drug-likeness (QED) is 0.687. The molecule has 0 aliphatic heterocycles. The average molecular weight is 282 g/mol. The number of hydrogen-bond acceptors (Lipinski definition) is 6. The third-order valence-electron chi connectivity index (χ3n) is 2.90. The first kappa shape index (κ1) is 16.5. The van der Waals surface area contributed by atoms with Gasteiger partial charge >= 0.3 is 0 Å². The Balaban J connectivity index is 2.86. The van der Waals surface area contributed by atoms with E-state index in [4.69, 9.17) is 9.47 Å². The van der Waals surface area contributed by atoms with Gasteiger partial charge in [0.05, 0.1) is 19.8 Å². The van der Waals surface area contributed by atoms with Gasteiger partial charge in [-0.15, -0.1) is 0 Å². The average Bonchev–Trinajstić information content (AvgIpc) is 2.45. The number of nitrogens with one attached hydrogen (secondary N) is 2. The van der Waals surface area contributed by atoms with Crippen molar-refractivity contribution in [1.82, 2.24) is 9.97 Å². The second-order valence-corrected chi connectivity index (χ2v) is 4.62. The highest BCUT2D eigenvalue weighted by atomic mass is 16.5. The number of rotatable bonds is 10. The SMILES string of the molecule is CCCNc1ncnc(NC(CCC)COC)c1OC. The zero-order valence-corrected chi connectivity index (χ0v) is 12.9. The number of nitrogens with zero attached hydrogens (tertiary/aromatic N) is 2. The lowest BCUT2D eigenvalue weighted by Crippen LogP contribution is -2.25. The van der Waals surface area contributed by atoms with Gasteiger partial charge in [-0.25, -0.2) is 9.97 Å². The molecule has 0 aliphatic carbocycles. The van der Waals surface area contributed by atoms with E-state index in [2.05, 4.69) is 34.4 Å². The molecule has 114 valence electrons. The van der Waals surface area contributed by atoms with E-state index in [9.17, 15) is 0 Å². The Morgan fingerprint density at radius 3 is 2.50 bits per heavy atom. The zero-order valence-electron chi connectivity index (χ0n) is 12.9. The third-order valence-corrected chi connectivity index (χ3v) is 2.90. The van der Waals surface area contributed by atoms with Crippen molar-refractivity contribution >= 4 is 11.6 Å². The van der Waals surface area contributed by atoms with Crippen LogP contribution in [0.15, 0.2) is 6.33 Å². The van der Waals surface area contributed by atoms with Gasteiger partial charge in [-0.1, -0.05) is 20.3 Å². The maximum Gasteiger partial charge on any atom is 0.204 e. The highest BCUT2D eigenvalue weighted by Gasteiger charge is 2.15. The second-order valence-electron chi connectivity index (χ2n) is 4.62. The Bertz CT molecular complexity index is 381. The predicted octanol–water partition coefficient (Wildman–Crippen LogP) is 2.53. The first-order valence-corrected chi connectivity index (χ1v) is 7.15. The van der Waals surface area contributed by atoms with Gasteiger partial charge in [0.15, 0.2) is 11.6 Å². The van der Waals surface area contributed by atoms with E-state index in [1.807, 2.05) is 0 Å². The molecule has 1 atom stereocenters. The number of aromatic nitrogens is 2. The third kappa shape index (κ3) is 4.85. The topological polar surface area (TPSA) is 68.3 Å². The fraction of sp³-hybridized carbons (Fsp3) is 0.714. The lowest BCUT2D eigenvalue weighted by atomic mass is 10.2. The van der Waals surface area contributed by atoms with Crippen molar-refractivity contribution in [3.8, 4) is 5.75 Å². The standard InChI is InChI=1S/C14H26N4O2/c1-5-7-11(9-19-3)18-14-12(20-4)13(15-8-6-2)16-10-17-14/h10-11H,5-9H2,1-4H3,(H2,15,16,17,18). The monoisotopic (exact) mass is 282 g/mol. The Hall–Kier alpha value is -1.56. The molecule has 0 radical (unpaired) electrons. The summed E-state index contributed by atoms with van der Waals surface area (Å²) in [6, 6.07) is 0.216. The summed E-state index contributed by atoms with van der Waals surface area (Å²) in [5, 5.41) is 6.62. The van der Waals surface area contributed by atoms with Gasteiger partial charge in [-0.05, 0) is 12.8 Å². The van der Waals surface area contributed by atoms with Crippen molar-refractivity contribution in [2.45, 2.75) is 39.2 Å². The van der Waals surface area contributed by atoms with E-state index in [-0.39, 0.29) is 6.04 Å². The largest absolute Gasteiger partial charge is 0.490 e. The van der Waals surface area contributed by atoms with Crippen LogP contribution in [0.1, 0.15) is 33.1 Å². The normalized spacial score (nSPS) is 12.0. The molecule has 1 aromatic heterocycles. The van der Waals surface area contributed by atoms with Crippen molar-refractivity contribution in [3.63, 3.8) is 0 Å². The van der Waals surface area contributed by atoms with Crippen LogP contribution in [0.2, 0.25) is 0 Å². The highest BCUT2D eigenvalue weighted by Crippen LogP contribution is 2.29. The lowest BCUT2D eigenvalue weighted by molar-refractivity contribution is 0.182. The van der Waals surface area contributed by atoms with E-state index >= 15 is 0 Å². The van der Waals surface area contributed by atoms with E-state index in [0.29, 0.717) is 18.2 Å². The van der Waals surface area contributed by atoms with Crippen LogP contribution in [-0.4, -0.2) is 43.4 Å². The molecule has 6 heteroatoms. The molecule has 0 fully saturated rings. The molecule has 0 amide bonds. The van der Waals surface area contributed by atoms with Crippen LogP contribution < -0.4 is 15.4 Å². The first-order chi connectivity index (χ1) is 9.76. The Morgan fingerprint density at radius 2 is 1.90 bits per heavy atom. The van der Waals surface area contributed by atoms with Crippen LogP contribution in [0.4, 0.5) is 11.6 Å². The summed E-state index contributed by atoms with van der Waals surface area (Å²) >= 11 is 0. The van der Waals surface area contributed by atoms with Crippen LogP contribution in [-0.2, 0) is 4.74 Å². The maximum absolute atomic E-state index is 5.44. The van der Waals surface area contributed by atoms with E-state index in [1.165, 1.54) is 0 Å². The molecule has 0 bridgehead atoms. The maximum atomic E-state index is 5.44. The van der Waals surface area contributed by atoms with Crippen LogP contribution in [0, 0.1) is 0 Å². The minimum Gasteiger partial charge on any atom is -0.490 e. The highest BCUT2D eigenvalue weighted by molar-refractivity contribution is 5.63. The van der Waals surface area contributed by atoms with Crippen molar-refractivity contribution in [3.05, 3.63) is 6.33 Å². The minimum atomic E-state index is 0.216. The summed E-state index contributed by atoms with van der Waals surface area (Å²) in [5.41, 5.74) is 0. The molecule has 0 aromatic carbocycles. The van der Waals surface area contributed by atoms with Gasteiger partial charge in [-0.2, -0.15) is 0 Å². The summed E-state index contributed by atoms with van der Waals surface area (Å²) < 4.78 is 10.7. The Morgan fingerprint density at radius 1 is 1.15 bits per heavy atom. The van der Waals surface area contributed by atoms with Crippen LogP contribution in [0.3, 0.4) is 0 Å². The number of methoxy groups -OCH3 is 2. The lowest BCUT2D eigenvalue weighted by Gasteiger charge is -2.20. The molecule has 1 heterocycles. The molecule has 0 saturated heterocycles. The fourth-order valence-electron chi connectivity index (χ4n) is 1.98. The van der Waals surface area contributed by atoms with Gasteiger partial charge in [-0.3, -0.25) is 0 Å². The van der Waals surface area contributed by atoms with Gasteiger partial charge in [0.1, 0.15) is 6.33 Å². The number of hydrogen-bond donors (Lipinski definition) is 2. The minimum absolute atomic E-state index is 0.216. The summed E-state index contributed by atoms with van der Waals surface area (Å²) in [6.45, 7) is 5.74. The van der Waals surface area contributed by atoms with Crippen molar-refractivity contribution in [1.29, 1.82) is 0 Å². The predicted molar refractivity (Wildman–Crippen MR) is 81.6 cm³/mol. The molecule has 1 aromatic rings. The van der Waals surface area contributed by atoms with Crippen molar-refractivity contribution < 1.29 is 9.47 Å². The van der Waals surface area contributed by atoms with Crippen molar-refractivity contribution in [2.75, 3.05) is 38.0 Å². The van der Waals surface area contributed by atoms with Gasteiger partial charge in [0.2, 0.25) is 5.75 Å². The summed E-state index contributed by atoms with van der Waals surface area (Å²) in [7, 11) is 3.34. The fourth-order valence-corrected chi connectivity index (χ4v) is 1.98. The summed E-state index contributed by atoms with van der Waals surface area (Å²) in [6.07, 6.45) is 4.66. The number of anilines is 2. The summed E-state index contributed by atoms with van der Waals surface area (Å²) in [5.74, 6) is 2.08. The summed E-state index contributed by atoms with van der Waals surface area (Å²) in [4.78, 5) is 8.51. The smallest absolute Gasteiger partial charge is 0.204 e. The zero-order chi connectivity index (χ0) is 14.8. The second kappa shape index (κ2) is 9.36.